The van der Waals surface area contributed by atoms with Crippen LogP contribution >= 0.6 is 15.9 Å². The molecule has 1 aromatic carbocycles. The number of hydrogen-bond donors (Lipinski definition) is 1. The Morgan fingerprint density at radius 1 is 1.40 bits per heavy atom. The van der Waals surface area contributed by atoms with Gasteiger partial charge >= 0.3 is 6.09 Å². The molecular weight excluding hydrogens is 324 g/mol. The van der Waals surface area contributed by atoms with Gasteiger partial charge in [0.15, 0.2) is 0 Å². The van der Waals surface area contributed by atoms with Crippen LogP contribution in [0.1, 0.15) is 29.8 Å². The molecule has 2 rings (SSSR count). The Bertz CT molecular complexity index is 605. The average molecular weight is 339 g/mol. The minimum Gasteiger partial charge on any atom is -0.441 e. The maximum atomic E-state index is 11.9. The molecule has 0 radical (unpaired) electrons. The number of carbonyl (C=O) groups excluding carboxylic acids is 1. The second kappa shape index (κ2) is 6.09. The van der Waals surface area contributed by atoms with Gasteiger partial charge in [-0.05, 0) is 47.8 Å². The second-order valence-corrected chi connectivity index (χ2v) is 5.17. The van der Waals surface area contributed by atoms with Crippen LogP contribution in [0.3, 0.4) is 0 Å². The fraction of sp³-hybridized carbons (Fsp3) is 0.286. The smallest absolute Gasteiger partial charge is 0.412 e. The number of carbonyl (C=O) groups is 1. The van der Waals surface area contributed by atoms with E-state index in [4.69, 9.17) is 9.26 Å². The van der Waals surface area contributed by atoms with E-state index in [1.165, 1.54) is 0 Å². The predicted octanol–water partition coefficient (Wildman–Crippen LogP) is 4.36. The molecule has 2 aromatic rings. The molecule has 0 fully saturated rings. The van der Waals surface area contributed by atoms with Crippen molar-refractivity contribution >= 4 is 27.7 Å². The van der Waals surface area contributed by atoms with Crippen molar-refractivity contribution in [3.63, 3.8) is 0 Å². The van der Waals surface area contributed by atoms with Crippen LogP contribution in [-0.4, -0.2) is 11.2 Å². The molecule has 0 saturated heterocycles. The summed E-state index contributed by atoms with van der Waals surface area (Å²) in [6, 6.07) is 7.78. The summed E-state index contributed by atoms with van der Waals surface area (Å²) in [5.41, 5.74) is 3.11. The zero-order valence-electron chi connectivity index (χ0n) is 11.4. The topological polar surface area (TPSA) is 64.4 Å². The van der Waals surface area contributed by atoms with Crippen molar-refractivity contribution in [3.8, 4) is 0 Å². The Morgan fingerprint density at radius 3 is 2.70 bits per heavy atom. The molecule has 0 bridgehead atoms. The molecule has 5 nitrogen and oxygen atoms in total. The van der Waals surface area contributed by atoms with Crippen LogP contribution in [0, 0.1) is 13.8 Å². The quantitative estimate of drug-likeness (QED) is 0.902. The van der Waals surface area contributed by atoms with Crippen molar-refractivity contribution in [1.29, 1.82) is 0 Å². The first kappa shape index (κ1) is 14.6. The highest BCUT2D eigenvalue weighted by molar-refractivity contribution is 9.10. The molecule has 0 aliphatic rings. The number of anilines is 1. The Kier molecular flexibility index (Phi) is 4.44. The van der Waals surface area contributed by atoms with Crippen LogP contribution in [0.25, 0.3) is 0 Å². The van der Waals surface area contributed by atoms with Crippen molar-refractivity contribution in [2.45, 2.75) is 26.9 Å². The Hall–Kier alpha value is -1.82. The molecule has 1 aromatic heterocycles. The van der Waals surface area contributed by atoms with Crippen LogP contribution in [0.2, 0.25) is 0 Å². The van der Waals surface area contributed by atoms with Gasteiger partial charge in [0, 0.05) is 0 Å². The van der Waals surface area contributed by atoms with Gasteiger partial charge in [-0.2, -0.15) is 0 Å². The number of benzene rings is 1. The van der Waals surface area contributed by atoms with E-state index < -0.39 is 6.09 Å². The minimum absolute atomic E-state index is 0.338. The number of hydrogen-bond acceptors (Lipinski definition) is 4. The van der Waals surface area contributed by atoms with E-state index in [0.29, 0.717) is 16.1 Å². The number of amides is 1. The van der Waals surface area contributed by atoms with E-state index in [1.54, 1.807) is 6.92 Å². The molecule has 106 valence electrons. The molecule has 0 saturated carbocycles. The molecule has 6 heteroatoms. The highest BCUT2D eigenvalue weighted by Crippen LogP contribution is 2.27. The minimum atomic E-state index is -0.548. The van der Waals surface area contributed by atoms with E-state index in [2.05, 4.69) is 26.4 Å². The van der Waals surface area contributed by atoms with Crippen LogP contribution in [0.4, 0.5) is 10.5 Å². The number of ether oxygens (including phenoxy) is 1. The molecule has 0 aliphatic heterocycles. The third kappa shape index (κ3) is 3.19. The first-order chi connectivity index (χ1) is 9.49. The number of aryl methyl sites for hydroxylation is 2. The fourth-order valence-corrected chi connectivity index (χ4v) is 2.34. The molecule has 20 heavy (non-hydrogen) atoms. The predicted molar refractivity (Wildman–Crippen MR) is 78.6 cm³/mol. The summed E-state index contributed by atoms with van der Waals surface area (Å²) in [4.78, 5) is 11.9. The van der Waals surface area contributed by atoms with E-state index in [0.717, 1.165) is 11.1 Å². The number of nitrogens with one attached hydrogen (secondary N) is 1. The zero-order chi connectivity index (χ0) is 14.7. The third-order valence-corrected chi connectivity index (χ3v) is 3.50. The molecule has 0 spiro atoms. The summed E-state index contributed by atoms with van der Waals surface area (Å²) in [5, 5.41) is 6.34. The van der Waals surface area contributed by atoms with E-state index in [1.807, 2.05) is 38.1 Å². The Balaban J connectivity index is 2.04. The van der Waals surface area contributed by atoms with Gasteiger partial charge in [-0.25, -0.2) is 4.79 Å². The van der Waals surface area contributed by atoms with Gasteiger partial charge in [0.05, 0.1) is 0 Å². The van der Waals surface area contributed by atoms with Gasteiger partial charge < -0.3 is 9.26 Å². The Morgan fingerprint density at radius 2 is 2.10 bits per heavy atom. The molecule has 1 amide bonds. The van der Waals surface area contributed by atoms with Crippen LogP contribution in [0.5, 0.6) is 0 Å². The number of halogens is 1. The average Bonchev–Trinajstić information content (AvgIpc) is 2.71. The van der Waals surface area contributed by atoms with E-state index >= 15 is 0 Å². The summed E-state index contributed by atoms with van der Waals surface area (Å²) < 4.78 is 10.6. The summed E-state index contributed by atoms with van der Waals surface area (Å²) >= 11 is 3.17. The molecule has 1 heterocycles. The van der Waals surface area contributed by atoms with Crippen LogP contribution < -0.4 is 5.32 Å². The van der Waals surface area contributed by atoms with Gasteiger partial charge in [0.25, 0.3) is 0 Å². The first-order valence-electron chi connectivity index (χ1n) is 6.14. The summed E-state index contributed by atoms with van der Waals surface area (Å²) in [5.74, 6) is 0. The SMILES string of the molecule is Cc1ccccc1[C@@H](C)OC(=O)Nc1c(C)noc1Br. The highest BCUT2D eigenvalue weighted by atomic mass is 79.9. The van der Waals surface area contributed by atoms with E-state index in [-0.39, 0.29) is 6.10 Å². The monoisotopic (exact) mass is 338 g/mol. The third-order valence-electron chi connectivity index (χ3n) is 2.96. The lowest BCUT2D eigenvalue weighted by Crippen LogP contribution is -2.17. The van der Waals surface area contributed by atoms with Crippen molar-refractivity contribution in [1.82, 2.24) is 5.16 Å². The lowest BCUT2D eigenvalue weighted by Gasteiger charge is -2.15. The molecule has 1 atom stereocenters. The zero-order valence-corrected chi connectivity index (χ0v) is 13.0. The first-order valence-corrected chi connectivity index (χ1v) is 6.93. The summed E-state index contributed by atoms with van der Waals surface area (Å²) in [6.45, 7) is 5.54. The lowest BCUT2D eigenvalue weighted by atomic mass is 10.1. The van der Waals surface area contributed by atoms with Crippen molar-refractivity contribution in [2.24, 2.45) is 0 Å². The van der Waals surface area contributed by atoms with E-state index in [9.17, 15) is 4.79 Å². The molecular formula is C14H15BrN2O3. The molecule has 0 unspecified atom stereocenters. The van der Waals surface area contributed by atoms with Crippen LogP contribution in [0.15, 0.2) is 33.5 Å². The van der Waals surface area contributed by atoms with Gasteiger partial charge in [-0.1, -0.05) is 29.4 Å². The highest BCUT2D eigenvalue weighted by Gasteiger charge is 2.17. The summed E-state index contributed by atoms with van der Waals surface area (Å²) in [6.07, 6.45) is -0.886. The van der Waals surface area contributed by atoms with Gasteiger partial charge in [-0.15, -0.1) is 0 Å². The maximum Gasteiger partial charge on any atom is 0.412 e. The van der Waals surface area contributed by atoms with Gasteiger partial charge in [0.2, 0.25) is 4.67 Å². The largest absolute Gasteiger partial charge is 0.441 e. The summed E-state index contributed by atoms with van der Waals surface area (Å²) in [7, 11) is 0. The molecule has 1 N–H and O–H groups in total. The molecule has 0 aliphatic carbocycles. The number of rotatable bonds is 3. The fourth-order valence-electron chi connectivity index (χ4n) is 1.88. The normalized spacial score (nSPS) is 12.0. The maximum absolute atomic E-state index is 11.9. The number of nitrogens with zero attached hydrogens (tertiary/aromatic N) is 1. The van der Waals surface area contributed by atoms with Crippen LogP contribution in [-0.2, 0) is 4.74 Å². The van der Waals surface area contributed by atoms with Crippen molar-refractivity contribution in [3.05, 3.63) is 45.8 Å². The Labute approximate surface area is 125 Å². The van der Waals surface area contributed by atoms with Crippen molar-refractivity contribution < 1.29 is 14.1 Å². The van der Waals surface area contributed by atoms with Crippen molar-refractivity contribution in [2.75, 3.05) is 5.32 Å². The lowest BCUT2D eigenvalue weighted by molar-refractivity contribution is 0.121. The van der Waals surface area contributed by atoms with Gasteiger partial charge in [0.1, 0.15) is 17.5 Å². The standard InChI is InChI=1S/C14H15BrN2O3/c1-8-6-4-5-7-11(8)10(3)19-14(18)16-12-9(2)17-20-13(12)15/h4-7,10H,1-3H3,(H,16,18)/t10-/m1/s1. The van der Waals surface area contributed by atoms with Gasteiger partial charge in [-0.3, -0.25) is 5.32 Å². The number of aromatic nitrogens is 1. The second-order valence-electron chi connectivity index (χ2n) is 4.45.